The molecule has 3 N–H and O–H groups in total. The molecule has 0 atom stereocenters. The van der Waals surface area contributed by atoms with Gasteiger partial charge in [-0.3, -0.25) is 4.79 Å². The Kier molecular flexibility index (Phi) is 4.98. The molecule has 3 heterocycles. The van der Waals surface area contributed by atoms with Gasteiger partial charge in [0.15, 0.2) is 0 Å². The third-order valence-corrected chi connectivity index (χ3v) is 5.30. The van der Waals surface area contributed by atoms with Crippen molar-refractivity contribution >= 4 is 17.5 Å². The number of nitrogens with one attached hydrogen (secondary N) is 1. The lowest BCUT2D eigenvalue weighted by molar-refractivity contribution is -0.137. The van der Waals surface area contributed by atoms with E-state index >= 15 is 0 Å². The van der Waals surface area contributed by atoms with Crippen molar-refractivity contribution in [2.24, 2.45) is 5.73 Å². The molecule has 1 aliphatic heterocycles. The van der Waals surface area contributed by atoms with Gasteiger partial charge >= 0.3 is 0 Å². The fraction of sp³-hybridized carbons (Fsp3) is 0.286. The highest BCUT2D eigenvalue weighted by Crippen LogP contribution is 2.39. The Labute approximate surface area is 172 Å². The molecule has 1 aliphatic rings. The van der Waals surface area contributed by atoms with Crippen molar-refractivity contribution in [3.05, 3.63) is 60.1 Å². The van der Waals surface area contributed by atoms with Gasteiger partial charge in [0.2, 0.25) is 5.91 Å². The molecule has 156 valence electrons. The molecule has 9 heteroatoms. The van der Waals surface area contributed by atoms with Gasteiger partial charge < -0.3 is 20.5 Å². The Morgan fingerprint density at radius 3 is 2.47 bits per heavy atom. The molecule has 0 spiro atoms. The van der Waals surface area contributed by atoms with Crippen molar-refractivity contribution in [3.63, 3.8) is 0 Å². The molecule has 3 aromatic rings. The zero-order chi connectivity index (χ0) is 21.5. The first-order chi connectivity index (χ1) is 14.3. The number of fused-ring (bicyclic) bond motifs is 1. The number of hydrogen-bond acceptors (Lipinski definition) is 5. The van der Waals surface area contributed by atoms with Gasteiger partial charge in [-0.25, -0.2) is 18.7 Å². The minimum absolute atomic E-state index is 0.0838. The van der Waals surface area contributed by atoms with Gasteiger partial charge in [0, 0.05) is 18.7 Å². The number of imidazole rings is 1. The molecule has 4 rings (SSSR count). The van der Waals surface area contributed by atoms with Crippen LogP contribution in [0.1, 0.15) is 19.7 Å². The van der Waals surface area contributed by atoms with Crippen molar-refractivity contribution < 1.29 is 13.6 Å². The van der Waals surface area contributed by atoms with E-state index in [4.69, 9.17) is 10.7 Å². The van der Waals surface area contributed by atoms with Crippen LogP contribution in [0, 0.1) is 11.6 Å². The summed E-state index contributed by atoms with van der Waals surface area (Å²) in [5, 5.41) is 3.22. The third-order valence-electron chi connectivity index (χ3n) is 5.30. The number of nitrogens with two attached hydrogens (primary N) is 1. The summed E-state index contributed by atoms with van der Waals surface area (Å²) in [5.74, 6) is 0.806. The number of nitrogens with zero attached hydrogens (tertiary/aromatic N) is 4. The molecule has 0 saturated carbocycles. The standard InChI is InChI=1S/C21H22F2N6O/c1-21(2)20-27-18(13-3-5-14(22)6-4-13)19(26-16-8-7-15(23)12-25-16)28(20)9-10-29(21)17(30)11-24/h3-8,12H,9-11,24H2,1-2H3,(H,25,26). The van der Waals surface area contributed by atoms with Gasteiger partial charge in [-0.1, -0.05) is 0 Å². The second-order valence-corrected chi connectivity index (χ2v) is 7.59. The van der Waals surface area contributed by atoms with E-state index in [1.54, 1.807) is 17.0 Å². The first-order valence-electron chi connectivity index (χ1n) is 9.57. The van der Waals surface area contributed by atoms with Gasteiger partial charge in [0.1, 0.15) is 34.8 Å². The van der Waals surface area contributed by atoms with Crippen LogP contribution >= 0.6 is 0 Å². The van der Waals surface area contributed by atoms with E-state index in [1.807, 2.05) is 18.4 Å². The van der Waals surface area contributed by atoms with Gasteiger partial charge in [0.05, 0.1) is 18.3 Å². The maximum atomic E-state index is 13.5. The fourth-order valence-corrected chi connectivity index (χ4v) is 3.79. The van der Waals surface area contributed by atoms with Gasteiger partial charge in [0.25, 0.3) is 0 Å². The third kappa shape index (κ3) is 3.41. The maximum absolute atomic E-state index is 13.5. The van der Waals surface area contributed by atoms with E-state index in [1.165, 1.54) is 24.3 Å². The molecule has 1 aromatic carbocycles. The Morgan fingerprint density at radius 2 is 1.83 bits per heavy atom. The van der Waals surface area contributed by atoms with Crippen molar-refractivity contribution in [1.29, 1.82) is 0 Å². The molecule has 0 saturated heterocycles. The number of aromatic nitrogens is 3. The lowest BCUT2D eigenvalue weighted by Crippen LogP contribution is -2.53. The normalized spacial score (nSPS) is 15.0. The minimum Gasteiger partial charge on any atom is -0.327 e. The number of hydrogen-bond donors (Lipinski definition) is 2. The SMILES string of the molecule is CC1(C)c2nc(-c3ccc(F)cc3)c(Nc3ccc(F)cn3)n2CCN1C(=O)CN. The largest absolute Gasteiger partial charge is 0.327 e. The molecule has 0 bridgehead atoms. The lowest BCUT2D eigenvalue weighted by Gasteiger charge is -2.42. The number of rotatable bonds is 4. The Balaban J connectivity index is 1.85. The number of amides is 1. The zero-order valence-electron chi connectivity index (χ0n) is 16.7. The predicted octanol–water partition coefficient (Wildman–Crippen LogP) is 3.00. The van der Waals surface area contributed by atoms with Crippen molar-refractivity contribution in [3.8, 4) is 11.3 Å². The van der Waals surface area contributed by atoms with E-state index < -0.39 is 11.4 Å². The lowest BCUT2D eigenvalue weighted by atomic mass is 9.99. The topological polar surface area (TPSA) is 89.1 Å². The quantitative estimate of drug-likeness (QED) is 0.688. The van der Waals surface area contributed by atoms with E-state index in [9.17, 15) is 13.6 Å². The van der Waals surface area contributed by atoms with Crippen LogP contribution < -0.4 is 11.1 Å². The number of carbonyl (C=O) groups is 1. The highest BCUT2D eigenvalue weighted by Gasteiger charge is 2.41. The summed E-state index contributed by atoms with van der Waals surface area (Å²) in [4.78, 5) is 23.0. The van der Waals surface area contributed by atoms with Crippen LogP contribution in [0.25, 0.3) is 11.3 Å². The first kappa shape index (κ1) is 20.0. The maximum Gasteiger partial charge on any atom is 0.237 e. The number of benzene rings is 1. The highest BCUT2D eigenvalue weighted by atomic mass is 19.1. The highest BCUT2D eigenvalue weighted by molar-refractivity contribution is 5.80. The average molecular weight is 412 g/mol. The summed E-state index contributed by atoms with van der Waals surface area (Å²) < 4.78 is 28.7. The average Bonchev–Trinajstić information content (AvgIpc) is 3.09. The molecule has 2 aromatic heterocycles. The van der Waals surface area contributed by atoms with Gasteiger partial charge in [-0.15, -0.1) is 0 Å². The Bertz CT molecular complexity index is 1080. The molecule has 7 nitrogen and oxygen atoms in total. The van der Waals surface area contributed by atoms with Gasteiger partial charge in [-0.05, 0) is 50.2 Å². The van der Waals surface area contributed by atoms with E-state index in [2.05, 4.69) is 10.3 Å². The van der Waals surface area contributed by atoms with Crippen LogP contribution in [0.5, 0.6) is 0 Å². The van der Waals surface area contributed by atoms with E-state index in [0.29, 0.717) is 41.8 Å². The number of pyridine rings is 1. The molecule has 30 heavy (non-hydrogen) atoms. The smallest absolute Gasteiger partial charge is 0.237 e. The van der Waals surface area contributed by atoms with Crippen LogP contribution in [0.2, 0.25) is 0 Å². The van der Waals surface area contributed by atoms with E-state index in [0.717, 1.165) is 6.20 Å². The number of anilines is 2. The van der Waals surface area contributed by atoms with Crippen molar-refractivity contribution in [2.45, 2.75) is 25.9 Å². The van der Waals surface area contributed by atoms with E-state index in [-0.39, 0.29) is 18.3 Å². The second kappa shape index (κ2) is 7.49. The monoisotopic (exact) mass is 412 g/mol. The van der Waals surface area contributed by atoms with Crippen LogP contribution in [-0.2, 0) is 16.9 Å². The Morgan fingerprint density at radius 1 is 1.13 bits per heavy atom. The second-order valence-electron chi connectivity index (χ2n) is 7.59. The van der Waals surface area contributed by atoms with Crippen LogP contribution in [0.3, 0.4) is 0 Å². The van der Waals surface area contributed by atoms with Crippen LogP contribution in [0.15, 0.2) is 42.6 Å². The Hall–Kier alpha value is -3.33. The van der Waals surface area contributed by atoms with Crippen LogP contribution in [0.4, 0.5) is 20.4 Å². The molecule has 0 radical (unpaired) electrons. The van der Waals surface area contributed by atoms with Gasteiger partial charge in [-0.2, -0.15) is 0 Å². The summed E-state index contributed by atoms with van der Waals surface area (Å²) in [5.41, 5.74) is 6.18. The van der Waals surface area contributed by atoms with Crippen molar-refractivity contribution in [1.82, 2.24) is 19.4 Å². The first-order valence-corrected chi connectivity index (χ1v) is 9.57. The van der Waals surface area contributed by atoms with Crippen LogP contribution in [-0.4, -0.2) is 38.4 Å². The number of halogens is 2. The molecular formula is C21H22F2N6O. The summed E-state index contributed by atoms with van der Waals surface area (Å²) in [6.07, 6.45) is 1.12. The van der Waals surface area contributed by atoms with Crippen molar-refractivity contribution in [2.75, 3.05) is 18.4 Å². The predicted molar refractivity (Wildman–Crippen MR) is 109 cm³/mol. The summed E-state index contributed by atoms with van der Waals surface area (Å²) >= 11 is 0. The number of carbonyl (C=O) groups excluding carboxylic acids is 1. The fourth-order valence-electron chi connectivity index (χ4n) is 3.79. The molecule has 0 fully saturated rings. The molecular weight excluding hydrogens is 390 g/mol. The summed E-state index contributed by atoms with van der Waals surface area (Å²) in [7, 11) is 0. The zero-order valence-corrected chi connectivity index (χ0v) is 16.7. The molecule has 0 aliphatic carbocycles. The molecule has 1 amide bonds. The molecule has 0 unspecified atom stereocenters. The summed E-state index contributed by atoms with van der Waals surface area (Å²) in [6, 6.07) is 8.85. The summed E-state index contributed by atoms with van der Waals surface area (Å²) in [6.45, 7) is 4.68. The minimum atomic E-state index is -0.709.